The summed E-state index contributed by atoms with van der Waals surface area (Å²) in [6.45, 7) is 8.58. The Morgan fingerprint density at radius 3 is 1.35 bits per heavy atom. The van der Waals surface area contributed by atoms with Crippen molar-refractivity contribution >= 4 is 69.9 Å². The summed E-state index contributed by atoms with van der Waals surface area (Å²) < 4.78 is 0. The van der Waals surface area contributed by atoms with Crippen molar-refractivity contribution in [2.45, 2.75) is 26.9 Å². The molecule has 0 aliphatic carbocycles. The second-order valence-corrected chi connectivity index (χ2v) is 15.8. The predicted octanol–water partition coefficient (Wildman–Crippen LogP) is 12.3. The summed E-state index contributed by atoms with van der Waals surface area (Å²) in [4.78, 5) is 9.09. The Hall–Kier alpha value is -3.40. The van der Waals surface area contributed by atoms with Gasteiger partial charge >= 0.3 is 37.9 Å². The van der Waals surface area contributed by atoms with Crippen molar-refractivity contribution in [3.05, 3.63) is 145 Å². The van der Waals surface area contributed by atoms with Crippen molar-refractivity contribution in [2.24, 2.45) is 0 Å². The fraction of sp³-hybridized carbons (Fsp3) is 0.100. The van der Waals surface area contributed by atoms with Gasteiger partial charge in [0.2, 0.25) is 0 Å². The normalized spacial score (nSPS) is 10.4. The number of halogens is 2. The first-order valence-corrected chi connectivity index (χ1v) is 23.4. The zero-order chi connectivity index (χ0) is 32.5. The van der Waals surface area contributed by atoms with Gasteiger partial charge in [0.1, 0.15) is 0 Å². The van der Waals surface area contributed by atoms with Crippen LogP contribution in [0.25, 0.3) is 65.6 Å². The molecule has 0 saturated heterocycles. The van der Waals surface area contributed by atoms with Crippen molar-refractivity contribution in [2.75, 3.05) is 0 Å². The van der Waals surface area contributed by atoms with Gasteiger partial charge < -0.3 is 0 Å². The van der Waals surface area contributed by atoms with E-state index in [0.29, 0.717) is 0 Å². The monoisotopic (exact) mass is 730 g/mol. The summed E-state index contributed by atoms with van der Waals surface area (Å²) in [6, 6.07) is 43.1. The van der Waals surface area contributed by atoms with E-state index in [9.17, 15) is 0 Å². The number of nitrogens with zero attached hydrogens (tertiary/aromatic N) is 2. The molecular formula is C40H34Cl2N2SiZr. The van der Waals surface area contributed by atoms with Crippen molar-refractivity contribution in [1.29, 1.82) is 0 Å². The van der Waals surface area contributed by atoms with Crippen molar-refractivity contribution < 1.29 is 20.8 Å². The summed E-state index contributed by atoms with van der Waals surface area (Å²) in [5.41, 5.74) is 9.61. The second-order valence-electron chi connectivity index (χ2n) is 11.1. The van der Waals surface area contributed by atoms with E-state index < -0.39 is 20.8 Å². The summed E-state index contributed by atoms with van der Waals surface area (Å²) >= 11 is -0.826. The SMILES string of the molecule is C[Si]C.Cc1cc2ccc(-c3cccc4cccnc34)cc2[cH-]1.Cc1cc2ccc(-c3cccc4cccnc34)cc2[cH-]1.[Cl][Zr+2][Cl]. The van der Waals surface area contributed by atoms with Crippen LogP contribution in [0.1, 0.15) is 11.1 Å². The fourth-order valence-electron chi connectivity index (χ4n) is 5.74. The van der Waals surface area contributed by atoms with Gasteiger partial charge in [0, 0.05) is 32.7 Å². The number of fused-ring (bicyclic) bond motifs is 4. The third-order valence-electron chi connectivity index (χ3n) is 7.59. The van der Waals surface area contributed by atoms with E-state index in [-0.39, 0.29) is 0 Å². The standard InChI is InChI=1S/2C19H14N.C2H6Si.2ClH.Zr/c2*1-13-10-15-7-8-16(12-17(15)11-13)18-6-2-4-14-5-3-9-20-19(14)18;1-3-2;;;/h2*2-12H,1H3;1-2H3;2*1H;/q2*-1;;;;+4/p-2. The average Bonchev–Trinajstić information content (AvgIpc) is 3.64. The van der Waals surface area contributed by atoms with E-state index in [1.165, 1.54) is 65.7 Å². The van der Waals surface area contributed by atoms with Gasteiger partial charge in [-0.05, 0) is 23.3 Å². The molecular weight excluding hydrogens is 699 g/mol. The Morgan fingerprint density at radius 2 is 0.935 bits per heavy atom. The van der Waals surface area contributed by atoms with Gasteiger partial charge in [0.25, 0.3) is 0 Å². The Kier molecular flexibility index (Phi) is 12.1. The molecule has 0 amide bonds. The van der Waals surface area contributed by atoms with E-state index in [4.69, 9.17) is 17.0 Å². The zero-order valence-electron chi connectivity index (χ0n) is 26.4. The molecule has 0 saturated carbocycles. The van der Waals surface area contributed by atoms with Gasteiger partial charge in [-0.1, -0.05) is 98.7 Å². The van der Waals surface area contributed by atoms with Crippen LogP contribution in [0.3, 0.4) is 0 Å². The second kappa shape index (κ2) is 16.4. The van der Waals surface area contributed by atoms with Crippen LogP contribution in [0.5, 0.6) is 0 Å². The van der Waals surface area contributed by atoms with Crippen molar-refractivity contribution in [3.8, 4) is 22.3 Å². The van der Waals surface area contributed by atoms with Crippen molar-refractivity contribution in [1.82, 2.24) is 9.97 Å². The molecule has 2 aromatic heterocycles. The number of rotatable bonds is 2. The average molecular weight is 733 g/mol. The molecule has 226 valence electrons. The van der Waals surface area contributed by atoms with Gasteiger partial charge in [-0.15, -0.1) is 69.1 Å². The number of hydrogen-bond acceptors (Lipinski definition) is 2. The summed E-state index contributed by atoms with van der Waals surface area (Å²) in [6.07, 6.45) is 3.72. The molecule has 0 N–H and O–H groups in total. The number of para-hydroxylation sites is 2. The van der Waals surface area contributed by atoms with Crippen LogP contribution in [-0.4, -0.2) is 19.5 Å². The molecule has 6 heteroatoms. The maximum absolute atomic E-state index is 4.93. The van der Waals surface area contributed by atoms with Gasteiger partial charge in [-0.2, -0.15) is 12.1 Å². The maximum atomic E-state index is 4.93. The number of hydrogen-bond donors (Lipinski definition) is 0. The molecule has 2 nitrogen and oxygen atoms in total. The summed E-state index contributed by atoms with van der Waals surface area (Å²) in [5, 5.41) is 7.58. The molecule has 2 heterocycles. The number of benzene rings is 4. The van der Waals surface area contributed by atoms with Crippen LogP contribution in [0.15, 0.2) is 134 Å². The van der Waals surface area contributed by atoms with E-state index >= 15 is 0 Å². The molecule has 6 aromatic carbocycles. The molecule has 8 aromatic rings. The van der Waals surface area contributed by atoms with Crippen LogP contribution in [0.4, 0.5) is 0 Å². The Morgan fingerprint density at radius 1 is 0.543 bits per heavy atom. The van der Waals surface area contributed by atoms with E-state index in [1.807, 2.05) is 24.5 Å². The zero-order valence-corrected chi connectivity index (χ0v) is 31.3. The topological polar surface area (TPSA) is 25.8 Å². The van der Waals surface area contributed by atoms with Crippen LogP contribution in [0.2, 0.25) is 13.1 Å². The molecule has 0 bridgehead atoms. The number of aromatic nitrogens is 2. The quantitative estimate of drug-likeness (QED) is 0.131. The molecule has 0 aliphatic heterocycles. The summed E-state index contributed by atoms with van der Waals surface area (Å²) in [7, 11) is 11.0. The van der Waals surface area contributed by atoms with Gasteiger partial charge in [-0.25, -0.2) is 0 Å². The Balaban J connectivity index is 0.000000155. The van der Waals surface area contributed by atoms with Crippen LogP contribution < -0.4 is 0 Å². The molecule has 0 spiro atoms. The molecule has 2 radical (unpaired) electrons. The molecule has 46 heavy (non-hydrogen) atoms. The third kappa shape index (κ3) is 8.11. The van der Waals surface area contributed by atoms with Gasteiger partial charge in [-0.3, -0.25) is 9.97 Å². The predicted molar refractivity (Wildman–Crippen MR) is 199 cm³/mol. The number of aryl methyl sites for hydroxylation is 2. The first kappa shape index (κ1) is 33.9. The summed E-state index contributed by atoms with van der Waals surface area (Å²) in [5.74, 6) is 0. The van der Waals surface area contributed by atoms with Crippen LogP contribution in [-0.2, 0) is 20.8 Å². The minimum atomic E-state index is -0.826. The molecule has 0 atom stereocenters. The Labute approximate surface area is 292 Å². The van der Waals surface area contributed by atoms with Crippen molar-refractivity contribution in [3.63, 3.8) is 0 Å². The van der Waals surface area contributed by atoms with E-state index in [2.05, 4.69) is 146 Å². The van der Waals surface area contributed by atoms with E-state index in [1.54, 1.807) is 0 Å². The minimum absolute atomic E-state index is 0.826. The van der Waals surface area contributed by atoms with Crippen LogP contribution in [0, 0.1) is 13.8 Å². The third-order valence-corrected chi connectivity index (χ3v) is 7.59. The Bertz CT molecular complexity index is 2030. The molecule has 0 aliphatic rings. The molecule has 8 rings (SSSR count). The van der Waals surface area contributed by atoms with E-state index in [0.717, 1.165) is 20.6 Å². The fourth-order valence-corrected chi connectivity index (χ4v) is 5.74. The van der Waals surface area contributed by atoms with Gasteiger partial charge in [0.05, 0.1) is 11.0 Å². The molecule has 0 fully saturated rings. The first-order chi connectivity index (χ1) is 22.4. The van der Waals surface area contributed by atoms with Crippen LogP contribution >= 0.6 is 17.0 Å². The number of pyridine rings is 2. The van der Waals surface area contributed by atoms with Gasteiger partial charge in [0.15, 0.2) is 0 Å². The first-order valence-electron chi connectivity index (χ1n) is 15.0. The molecule has 0 unspecified atom stereocenters.